The van der Waals surface area contributed by atoms with Gasteiger partial charge in [-0.2, -0.15) is 0 Å². The van der Waals surface area contributed by atoms with E-state index in [2.05, 4.69) is 21.2 Å². The van der Waals surface area contributed by atoms with Gasteiger partial charge in [0.2, 0.25) is 5.91 Å². The van der Waals surface area contributed by atoms with E-state index in [4.69, 9.17) is 9.47 Å². The van der Waals surface area contributed by atoms with E-state index in [-0.39, 0.29) is 5.91 Å². The van der Waals surface area contributed by atoms with Crippen LogP contribution in [0, 0.1) is 0 Å². The van der Waals surface area contributed by atoms with E-state index in [1.54, 1.807) is 20.3 Å². The Labute approximate surface area is 137 Å². The van der Waals surface area contributed by atoms with Crippen molar-refractivity contribution in [2.45, 2.75) is 0 Å². The zero-order valence-electron chi connectivity index (χ0n) is 12.3. The minimum absolute atomic E-state index is 0.236. The maximum Gasteiger partial charge on any atom is 0.248 e. The number of hydrogen-bond donors (Lipinski definition) is 1. The predicted molar refractivity (Wildman–Crippen MR) is 91.4 cm³/mol. The molecular weight excluding hydrogens is 346 g/mol. The molecule has 0 aliphatic rings. The number of methoxy groups -OCH3 is 2. The van der Waals surface area contributed by atoms with Crippen molar-refractivity contribution in [1.82, 2.24) is 0 Å². The van der Waals surface area contributed by atoms with Crippen LogP contribution in [0.4, 0.5) is 5.69 Å². The Morgan fingerprint density at radius 2 is 1.68 bits per heavy atom. The zero-order valence-corrected chi connectivity index (χ0v) is 13.9. The third-order valence-electron chi connectivity index (χ3n) is 3.00. The molecule has 114 valence electrons. The highest BCUT2D eigenvalue weighted by atomic mass is 79.9. The van der Waals surface area contributed by atoms with Crippen LogP contribution in [-0.2, 0) is 4.79 Å². The average Bonchev–Trinajstić information content (AvgIpc) is 2.54. The zero-order chi connectivity index (χ0) is 15.9. The monoisotopic (exact) mass is 361 g/mol. The van der Waals surface area contributed by atoms with E-state index in [0.29, 0.717) is 17.2 Å². The summed E-state index contributed by atoms with van der Waals surface area (Å²) in [7, 11) is 3.15. The number of rotatable bonds is 5. The normalized spacial score (nSPS) is 10.5. The molecule has 0 atom stereocenters. The van der Waals surface area contributed by atoms with Crippen molar-refractivity contribution in [1.29, 1.82) is 0 Å². The lowest BCUT2D eigenvalue weighted by Crippen LogP contribution is -2.08. The lowest BCUT2D eigenvalue weighted by atomic mass is 10.1. The summed E-state index contributed by atoms with van der Waals surface area (Å²) in [5, 5.41) is 2.80. The average molecular weight is 362 g/mol. The van der Waals surface area contributed by atoms with E-state index in [1.165, 1.54) is 6.08 Å². The summed E-state index contributed by atoms with van der Waals surface area (Å²) < 4.78 is 11.4. The van der Waals surface area contributed by atoms with Gasteiger partial charge in [-0.05, 0) is 46.3 Å². The second-order valence-electron chi connectivity index (χ2n) is 4.38. The van der Waals surface area contributed by atoms with Gasteiger partial charge in [-0.3, -0.25) is 4.79 Å². The summed E-state index contributed by atoms with van der Waals surface area (Å²) in [5.41, 5.74) is 1.43. The van der Waals surface area contributed by atoms with E-state index >= 15 is 0 Å². The van der Waals surface area contributed by atoms with Crippen molar-refractivity contribution in [2.75, 3.05) is 19.5 Å². The first-order valence-electron chi connectivity index (χ1n) is 6.60. The fourth-order valence-corrected chi connectivity index (χ4v) is 2.32. The molecule has 0 saturated heterocycles. The molecule has 4 nitrogen and oxygen atoms in total. The molecule has 0 fully saturated rings. The van der Waals surface area contributed by atoms with Gasteiger partial charge in [-0.25, -0.2) is 0 Å². The number of benzene rings is 2. The third-order valence-corrected chi connectivity index (χ3v) is 3.69. The van der Waals surface area contributed by atoms with Gasteiger partial charge in [0.05, 0.1) is 25.5 Å². The number of amides is 1. The summed E-state index contributed by atoms with van der Waals surface area (Å²) in [4.78, 5) is 12.0. The fourth-order valence-electron chi connectivity index (χ4n) is 1.94. The molecule has 0 aliphatic heterocycles. The van der Waals surface area contributed by atoms with Crippen molar-refractivity contribution in [3.63, 3.8) is 0 Å². The Morgan fingerprint density at radius 3 is 2.27 bits per heavy atom. The minimum atomic E-state index is -0.236. The van der Waals surface area contributed by atoms with Crippen LogP contribution < -0.4 is 14.8 Å². The van der Waals surface area contributed by atoms with Gasteiger partial charge >= 0.3 is 0 Å². The van der Waals surface area contributed by atoms with E-state index in [9.17, 15) is 4.79 Å². The molecule has 0 heterocycles. The van der Waals surface area contributed by atoms with Crippen LogP contribution in [0.5, 0.6) is 11.5 Å². The number of hydrogen-bond acceptors (Lipinski definition) is 3. The second kappa shape index (κ2) is 7.66. The van der Waals surface area contributed by atoms with Crippen LogP contribution in [-0.4, -0.2) is 20.1 Å². The standard InChI is InChI=1S/C17H16BrNO3/c1-21-15-8-5-9-16(22-2)12(15)10-11-17(20)19-14-7-4-3-6-13(14)18/h3-11H,1-2H3,(H,19,20)/b11-10+. The highest BCUT2D eigenvalue weighted by Crippen LogP contribution is 2.29. The SMILES string of the molecule is COc1cccc(OC)c1/C=C/C(=O)Nc1ccccc1Br. The highest BCUT2D eigenvalue weighted by molar-refractivity contribution is 9.10. The van der Waals surface area contributed by atoms with E-state index in [0.717, 1.165) is 10.0 Å². The fraction of sp³-hybridized carbons (Fsp3) is 0.118. The molecule has 0 aromatic heterocycles. The van der Waals surface area contributed by atoms with Gasteiger partial charge in [0.25, 0.3) is 0 Å². The quantitative estimate of drug-likeness (QED) is 0.814. The molecule has 2 aromatic rings. The minimum Gasteiger partial charge on any atom is -0.496 e. The lowest BCUT2D eigenvalue weighted by Gasteiger charge is -2.09. The summed E-state index contributed by atoms with van der Waals surface area (Å²) >= 11 is 3.39. The summed E-state index contributed by atoms with van der Waals surface area (Å²) in [6, 6.07) is 12.9. The first kappa shape index (κ1) is 16.1. The topological polar surface area (TPSA) is 47.6 Å². The molecule has 5 heteroatoms. The van der Waals surface area contributed by atoms with E-state index in [1.807, 2.05) is 42.5 Å². The predicted octanol–water partition coefficient (Wildman–Crippen LogP) is 4.12. The maximum absolute atomic E-state index is 12.0. The summed E-state index contributed by atoms with van der Waals surface area (Å²) in [5.74, 6) is 1.05. The van der Waals surface area contributed by atoms with Crippen molar-refractivity contribution in [2.24, 2.45) is 0 Å². The number of anilines is 1. The van der Waals surface area contributed by atoms with Crippen LogP contribution in [0.2, 0.25) is 0 Å². The van der Waals surface area contributed by atoms with Crippen LogP contribution >= 0.6 is 15.9 Å². The molecule has 0 bridgehead atoms. The molecule has 2 rings (SSSR count). The Bertz CT molecular complexity index is 676. The number of nitrogens with one attached hydrogen (secondary N) is 1. The highest BCUT2D eigenvalue weighted by Gasteiger charge is 2.07. The Balaban J connectivity index is 2.18. The number of para-hydroxylation sites is 1. The second-order valence-corrected chi connectivity index (χ2v) is 5.23. The van der Waals surface area contributed by atoms with Gasteiger partial charge in [0, 0.05) is 10.5 Å². The smallest absolute Gasteiger partial charge is 0.248 e. The van der Waals surface area contributed by atoms with Gasteiger partial charge in [0.1, 0.15) is 11.5 Å². The summed E-state index contributed by atoms with van der Waals surface area (Å²) in [6.45, 7) is 0. The van der Waals surface area contributed by atoms with Crippen molar-refractivity contribution < 1.29 is 14.3 Å². The van der Waals surface area contributed by atoms with E-state index < -0.39 is 0 Å². The summed E-state index contributed by atoms with van der Waals surface area (Å²) in [6.07, 6.45) is 3.11. The Hall–Kier alpha value is -2.27. The molecular formula is C17H16BrNO3. The van der Waals surface area contributed by atoms with Crippen molar-refractivity contribution in [3.05, 3.63) is 58.6 Å². The Morgan fingerprint density at radius 1 is 1.05 bits per heavy atom. The first-order valence-corrected chi connectivity index (χ1v) is 7.39. The molecule has 0 saturated carbocycles. The molecule has 0 unspecified atom stereocenters. The van der Waals surface area contributed by atoms with Gasteiger partial charge in [0.15, 0.2) is 0 Å². The number of ether oxygens (including phenoxy) is 2. The first-order chi connectivity index (χ1) is 10.7. The molecule has 0 aliphatic carbocycles. The third kappa shape index (κ3) is 3.89. The molecule has 22 heavy (non-hydrogen) atoms. The van der Waals surface area contributed by atoms with Gasteiger partial charge in [-0.15, -0.1) is 0 Å². The van der Waals surface area contributed by atoms with Crippen molar-refractivity contribution in [3.8, 4) is 11.5 Å². The van der Waals surface area contributed by atoms with Crippen LogP contribution in [0.15, 0.2) is 53.0 Å². The molecule has 0 radical (unpaired) electrons. The molecule has 1 N–H and O–H groups in total. The largest absolute Gasteiger partial charge is 0.496 e. The number of carbonyl (C=O) groups excluding carboxylic acids is 1. The number of carbonyl (C=O) groups is 1. The molecule has 0 spiro atoms. The van der Waals surface area contributed by atoms with Crippen LogP contribution in [0.1, 0.15) is 5.56 Å². The number of halogens is 1. The Kier molecular flexibility index (Phi) is 5.61. The molecule has 1 amide bonds. The maximum atomic E-state index is 12.0. The van der Waals surface area contributed by atoms with Crippen molar-refractivity contribution >= 4 is 33.6 Å². The van der Waals surface area contributed by atoms with Crippen LogP contribution in [0.25, 0.3) is 6.08 Å². The van der Waals surface area contributed by atoms with Crippen LogP contribution in [0.3, 0.4) is 0 Å². The lowest BCUT2D eigenvalue weighted by molar-refractivity contribution is -0.111. The van der Waals surface area contributed by atoms with Gasteiger partial charge < -0.3 is 14.8 Å². The molecule has 2 aromatic carbocycles. The van der Waals surface area contributed by atoms with Gasteiger partial charge in [-0.1, -0.05) is 18.2 Å².